The molecule has 8 amide bonds. The predicted molar refractivity (Wildman–Crippen MR) is 286 cm³/mol. The number of hydrogen-bond donors (Lipinski definition) is 0. The number of nitrogens with zero attached hydrogens (tertiary/aromatic N) is 4. The van der Waals surface area contributed by atoms with Gasteiger partial charge in [0.2, 0.25) is 47.3 Å². The summed E-state index contributed by atoms with van der Waals surface area (Å²) >= 11 is 0. The Hall–Kier alpha value is -4.70. The summed E-state index contributed by atoms with van der Waals surface area (Å²) in [6.07, 6.45) is -41.3. The lowest BCUT2D eigenvalue weighted by Crippen LogP contribution is -2.61. The molecule has 0 N–H and O–H groups in total. The summed E-state index contributed by atoms with van der Waals surface area (Å²) in [5.74, 6) is -38.0. The van der Waals surface area contributed by atoms with Crippen LogP contribution >= 0.6 is 0 Å². The summed E-state index contributed by atoms with van der Waals surface area (Å²) in [5.41, 5.74) is -4.51. The van der Waals surface area contributed by atoms with E-state index in [9.17, 15) is 64.7 Å². The van der Waals surface area contributed by atoms with Crippen LogP contribution in [0.4, 0.5) is 79.0 Å². The summed E-state index contributed by atoms with van der Waals surface area (Å²) in [5, 5.41) is 0. The van der Waals surface area contributed by atoms with Crippen LogP contribution < -0.4 is 0 Å². The monoisotopic (exact) mass is 1360 g/mol. The number of amides is 8. The number of alkyl halides is 18. The average molecular weight is 1360 g/mol. The summed E-state index contributed by atoms with van der Waals surface area (Å²) in [6.45, 7) is 1.41. The van der Waals surface area contributed by atoms with Crippen LogP contribution in [0.3, 0.4) is 0 Å². The summed E-state index contributed by atoms with van der Waals surface area (Å²) in [6, 6.07) is -2.88. The van der Waals surface area contributed by atoms with E-state index in [-0.39, 0.29) is 83.1 Å². The average Bonchev–Trinajstić information content (AvgIpc) is 1.67. The lowest BCUT2D eigenvalue weighted by molar-refractivity contribution is -0.383. The van der Waals surface area contributed by atoms with Gasteiger partial charge in [0.1, 0.15) is 0 Å². The van der Waals surface area contributed by atoms with Crippen LogP contribution in [0.25, 0.3) is 0 Å². The third-order valence-electron chi connectivity index (χ3n) is 25.3. The largest absolute Gasteiger partial charge is 0.403 e. The molecule has 11 fully saturated rings. The quantitative estimate of drug-likeness (QED) is 0.113. The summed E-state index contributed by atoms with van der Waals surface area (Å²) < 4.78 is 271. The molecular weight excluding hydrogens is 1280 g/mol. The van der Waals surface area contributed by atoms with Gasteiger partial charge in [-0.05, 0) is 169 Å². The zero-order valence-electron chi connectivity index (χ0n) is 51.0. The molecule has 7 saturated carbocycles. The lowest BCUT2D eigenvalue weighted by atomic mass is 9.54. The highest BCUT2D eigenvalue weighted by molar-refractivity contribution is 6.10. The molecule has 7 aliphatic carbocycles. The third kappa shape index (κ3) is 12.0. The van der Waals surface area contributed by atoms with Crippen molar-refractivity contribution < 1.29 is 117 Å². The van der Waals surface area contributed by atoms with E-state index in [4.69, 9.17) is 0 Å². The minimum atomic E-state index is -6.03. The summed E-state index contributed by atoms with van der Waals surface area (Å²) in [7, 11) is 1.07. The Morgan fingerprint density at radius 3 is 1.12 bits per heavy atom. The van der Waals surface area contributed by atoms with Crippen molar-refractivity contribution in [3.05, 3.63) is 0 Å². The Morgan fingerprint density at radius 1 is 0.344 bits per heavy atom. The van der Waals surface area contributed by atoms with Crippen molar-refractivity contribution >= 4 is 47.3 Å². The Balaban J connectivity index is 0.691. The smallest absolute Gasteiger partial charge is 0.285 e. The van der Waals surface area contributed by atoms with Gasteiger partial charge in [-0.2, -0.15) is 79.0 Å². The molecule has 0 aromatic carbocycles. The minimum Gasteiger partial charge on any atom is -0.285 e. The number of imide groups is 4. The Bertz CT molecular complexity index is 2890. The number of halogens is 18. The van der Waals surface area contributed by atoms with Gasteiger partial charge in [-0.3, -0.25) is 58.0 Å². The first-order valence-corrected chi connectivity index (χ1v) is 32.9. The molecule has 22 atom stereocenters. The molecule has 0 radical (unpaired) electrons. The van der Waals surface area contributed by atoms with E-state index in [0.29, 0.717) is 16.2 Å². The molecule has 93 heavy (non-hydrogen) atoms. The van der Waals surface area contributed by atoms with Crippen LogP contribution in [0.15, 0.2) is 0 Å². The molecule has 0 bridgehead atoms. The summed E-state index contributed by atoms with van der Waals surface area (Å²) in [4.78, 5) is 112. The second-order valence-corrected chi connectivity index (χ2v) is 29.6. The van der Waals surface area contributed by atoms with Crippen LogP contribution in [-0.4, -0.2) is 130 Å². The van der Waals surface area contributed by atoms with Gasteiger partial charge < -0.3 is 0 Å². The first-order valence-electron chi connectivity index (χ1n) is 32.9. The maximum absolute atomic E-state index is 15.5. The van der Waals surface area contributed by atoms with Gasteiger partial charge in [0, 0.05) is 25.7 Å². The first kappa shape index (κ1) is 69.6. The van der Waals surface area contributed by atoms with Crippen LogP contribution in [0, 0.1) is 124 Å². The highest BCUT2D eigenvalue weighted by atomic mass is 19.4. The fraction of sp³-hybridized carbons (Fsp3) is 0.873. The van der Waals surface area contributed by atoms with E-state index in [1.807, 2.05) is 0 Å². The number of unbranched alkanes of at least 4 members (excludes halogenated alkanes) is 1. The zero-order valence-corrected chi connectivity index (χ0v) is 51.0. The van der Waals surface area contributed by atoms with Crippen molar-refractivity contribution in [3.8, 4) is 0 Å². The van der Waals surface area contributed by atoms with Crippen LogP contribution in [0.1, 0.15) is 155 Å². The van der Waals surface area contributed by atoms with Gasteiger partial charge in [0.05, 0.1) is 71.0 Å². The van der Waals surface area contributed by atoms with Gasteiger partial charge in [-0.25, -0.2) is 0 Å². The van der Waals surface area contributed by atoms with Crippen LogP contribution in [-0.2, 0) is 38.4 Å². The van der Waals surface area contributed by atoms with Crippen molar-refractivity contribution in [2.75, 3.05) is 13.6 Å². The van der Waals surface area contributed by atoms with Gasteiger partial charge in [0.25, 0.3) is 0 Å². The molecule has 4 saturated heterocycles. The van der Waals surface area contributed by atoms with Crippen molar-refractivity contribution in [1.82, 2.24) is 19.6 Å². The number of carbonyl (C=O) groups is 8. The van der Waals surface area contributed by atoms with Crippen molar-refractivity contribution in [2.24, 2.45) is 124 Å². The van der Waals surface area contributed by atoms with Crippen molar-refractivity contribution in [3.63, 3.8) is 0 Å². The zero-order chi connectivity index (χ0) is 68.1. The fourth-order valence-corrected chi connectivity index (χ4v) is 21.0. The molecule has 522 valence electrons. The van der Waals surface area contributed by atoms with E-state index >= 15 is 52.7 Å². The van der Waals surface area contributed by atoms with Crippen molar-refractivity contribution in [1.29, 1.82) is 0 Å². The molecular formula is C63H76F18N4O8. The number of fused-ring (bicyclic) bond motifs is 4. The molecule has 12 nitrogen and oxygen atoms in total. The third-order valence-corrected chi connectivity index (χ3v) is 25.3. The Morgan fingerprint density at radius 2 is 0.688 bits per heavy atom. The standard InChI is InChI=1S/C63H76F18N4O8/c1-27-6-12-33(45(19-27)58(64,65)66)35-16-11-32(24-47(35)60(70,71)72)85-55(92)43-25-41-42(26-44(43)56(85)93)52(89)83(51(41)88)18-4-3-5-28-7-13-34(46(20-28)59(67,68)69)36-17-10-31(23-48(36)61(73,74)75)84-53(90)38-15-9-30(22-40(38)54(84)91)57(62(76,77)78,63(79,80)81)29-8-14-37-39(21-29)50(87)82(2)49(37)86/h27-48H,3-26H2,1-2H3. The molecule has 0 aromatic rings. The van der Waals surface area contributed by atoms with Crippen LogP contribution in [0.2, 0.25) is 0 Å². The topological polar surface area (TPSA) is 150 Å². The maximum Gasteiger partial charge on any atom is 0.403 e. The molecule has 11 rings (SSSR count). The first-order chi connectivity index (χ1) is 43.1. The second-order valence-electron chi connectivity index (χ2n) is 29.6. The maximum atomic E-state index is 15.5. The van der Waals surface area contributed by atoms with Gasteiger partial charge in [-0.1, -0.05) is 32.6 Å². The van der Waals surface area contributed by atoms with Gasteiger partial charge >= 0.3 is 37.1 Å². The van der Waals surface area contributed by atoms with E-state index in [2.05, 4.69) is 0 Å². The molecule has 4 heterocycles. The highest BCUT2D eigenvalue weighted by Crippen LogP contribution is 2.68. The number of rotatable bonds is 11. The molecule has 11 aliphatic rings. The Labute approximate surface area is 524 Å². The number of likely N-dealkylation sites (tertiary alicyclic amines) is 4. The second kappa shape index (κ2) is 24.4. The van der Waals surface area contributed by atoms with Gasteiger partial charge in [0.15, 0.2) is 5.41 Å². The molecule has 30 heteroatoms. The lowest BCUT2D eigenvalue weighted by Gasteiger charge is -2.52. The Kier molecular flexibility index (Phi) is 18.3. The van der Waals surface area contributed by atoms with Crippen molar-refractivity contribution in [2.45, 2.75) is 204 Å². The minimum absolute atomic E-state index is 0.0323. The predicted octanol–water partition coefficient (Wildman–Crippen LogP) is 13.6. The SMILES string of the molecule is CC1CCC(C2CCC(N3C(=O)C4CC5C(=O)N(CCCCC6CCC(C7CCC(N8C(=O)C9CCC(C(C%10CCC%11C(=O)N(C)C(=O)C%11C%10)(C(F)(F)F)C(F)(F)F)CC9C8=O)CC7C(F)(F)F)C(C(F)(F)F)C6)C(=O)C5CC4C3=O)CC2C(F)(F)F)C(C(F)(F)F)C1. The molecule has 0 spiro atoms. The molecule has 22 unspecified atom stereocenters. The normalized spacial score (nSPS) is 40.3. The fourth-order valence-electron chi connectivity index (χ4n) is 21.0. The van der Waals surface area contributed by atoms with Crippen LogP contribution in [0.5, 0.6) is 0 Å². The van der Waals surface area contributed by atoms with E-state index < -0.39 is 285 Å². The number of carbonyl (C=O) groups excluding carboxylic acids is 8. The molecule has 0 aromatic heterocycles. The van der Waals surface area contributed by atoms with E-state index in [0.717, 1.165) is 16.8 Å². The molecule has 4 aliphatic heterocycles. The number of hydrogen-bond acceptors (Lipinski definition) is 8. The van der Waals surface area contributed by atoms with E-state index in [1.165, 1.54) is 0 Å². The highest BCUT2D eigenvalue weighted by Gasteiger charge is 2.78. The van der Waals surface area contributed by atoms with Gasteiger partial charge in [-0.15, -0.1) is 0 Å². The van der Waals surface area contributed by atoms with E-state index in [1.54, 1.807) is 6.92 Å².